The van der Waals surface area contributed by atoms with Gasteiger partial charge in [-0.05, 0) is 48.9 Å². The van der Waals surface area contributed by atoms with Crippen molar-refractivity contribution in [3.8, 4) is 0 Å². The molecule has 0 aromatic heterocycles. The van der Waals surface area contributed by atoms with Gasteiger partial charge in [0.25, 0.3) is 0 Å². The van der Waals surface area contributed by atoms with Crippen molar-refractivity contribution in [2.45, 2.75) is 30.6 Å². The average Bonchev–Trinajstić information content (AvgIpc) is 2.92. The molecule has 6 nitrogen and oxygen atoms in total. The summed E-state index contributed by atoms with van der Waals surface area (Å²) in [6.45, 7) is 2.99. The molecule has 1 aromatic rings. The zero-order valence-electron chi connectivity index (χ0n) is 12.5. The van der Waals surface area contributed by atoms with E-state index in [9.17, 15) is 13.2 Å². The lowest BCUT2D eigenvalue weighted by molar-refractivity contribution is 0.164. The summed E-state index contributed by atoms with van der Waals surface area (Å²) in [5.74, 6) is 0. The summed E-state index contributed by atoms with van der Waals surface area (Å²) in [6, 6.07) is 5.12. The second-order valence-corrected chi connectivity index (χ2v) is 7.50. The van der Waals surface area contributed by atoms with E-state index in [-0.39, 0.29) is 10.9 Å². The molecule has 3 rings (SSSR count). The van der Waals surface area contributed by atoms with Crippen LogP contribution in [0.1, 0.15) is 24.0 Å². The first-order valence-corrected chi connectivity index (χ1v) is 9.18. The van der Waals surface area contributed by atoms with Gasteiger partial charge in [-0.15, -0.1) is 0 Å². The quantitative estimate of drug-likeness (QED) is 0.835. The van der Waals surface area contributed by atoms with Crippen LogP contribution in [-0.2, 0) is 22.9 Å². The molecule has 0 unspecified atom stereocenters. The van der Waals surface area contributed by atoms with Gasteiger partial charge in [0.2, 0.25) is 10.0 Å². The fourth-order valence-electron chi connectivity index (χ4n) is 3.18. The Kier molecular flexibility index (Phi) is 4.10. The molecule has 120 valence electrons. The van der Waals surface area contributed by atoms with Gasteiger partial charge >= 0.3 is 6.03 Å². The van der Waals surface area contributed by atoms with Gasteiger partial charge in [0.15, 0.2) is 0 Å². The number of urea groups is 1. The summed E-state index contributed by atoms with van der Waals surface area (Å²) < 4.78 is 22.9. The van der Waals surface area contributed by atoms with Crippen molar-refractivity contribution < 1.29 is 13.2 Å². The molecule has 2 N–H and O–H groups in total. The third kappa shape index (κ3) is 3.10. The zero-order chi connectivity index (χ0) is 15.7. The fraction of sp³-hybridized carbons (Fsp3) is 0.533. The summed E-state index contributed by atoms with van der Waals surface area (Å²) >= 11 is 0. The maximum Gasteiger partial charge on any atom is 0.320 e. The summed E-state index contributed by atoms with van der Waals surface area (Å²) in [5.41, 5.74) is 2.08. The van der Waals surface area contributed by atoms with Crippen molar-refractivity contribution >= 4 is 16.1 Å². The molecule has 1 aromatic carbocycles. The van der Waals surface area contributed by atoms with Crippen molar-refractivity contribution in [2.24, 2.45) is 5.14 Å². The highest BCUT2D eigenvalue weighted by Crippen LogP contribution is 2.21. The summed E-state index contributed by atoms with van der Waals surface area (Å²) in [6.07, 6.45) is 3.58. The number of nitrogens with zero attached hydrogens (tertiary/aromatic N) is 2. The Labute approximate surface area is 130 Å². The van der Waals surface area contributed by atoms with E-state index in [1.165, 1.54) is 0 Å². The van der Waals surface area contributed by atoms with Crippen LogP contribution in [0.3, 0.4) is 0 Å². The van der Waals surface area contributed by atoms with Crippen molar-refractivity contribution in [3.05, 3.63) is 29.3 Å². The van der Waals surface area contributed by atoms with Crippen molar-refractivity contribution in [1.82, 2.24) is 9.80 Å². The molecule has 0 bridgehead atoms. The van der Waals surface area contributed by atoms with Crippen LogP contribution in [-0.4, -0.2) is 50.4 Å². The number of nitrogens with two attached hydrogens (primary N) is 1. The van der Waals surface area contributed by atoms with Gasteiger partial charge in [0.1, 0.15) is 0 Å². The van der Waals surface area contributed by atoms with Crippen LogP contribution < -0.4 is 5.14 Å². The predicted octanol–water partition coefficient (Wildman–Crippen LogP) is 0.950. The van der Waals surface area contributed by atoms with Crippen molar-refractivity contribution in [2.75, 3.05) is 26.2 Å². The molecule has 2 amide bonds. The predicted molar refractivity (Wildman–Crippen MR) is 83.0 cm³/mol. The molecule has 2 heterocycles. The first kappa shape index (κ1) is 15.3. The van der Waals surface area contributed by atoms with Gasteiger partial charge in [-0.1, -0.05) is 6.07 Å². The van der Waals surface area contributed by atoms with E-state index in [1.54, 1.807) is 12.1 Å². The summed E-state index contributed by atoms with van der Waals surface area (Å²) in [5, 5.41) is 5.19. The molecular weight excluding hydrogens is 302 g/mol. The normalized spacial score (nSPS) is 19.0. The topological polar surface area (TPSA) is 83.7 Å². The van der Waals surface area contributed by atoms with Gasteiger partial charge in [-0.2, -0.15) is 0 Å². The van der Waals surface area contributed by atoms with Crippen LogP contribution >= 0.6 is 0 Å². The average molecular weight is 323 g/mol. The second kappa shape index (κ2) is 5.89. The molecule has 1 fully saturated rings. The molecular formula is C15H21N3O3S. The lowest BCUT2D eigenvalue weighted by atomic mass is 10.0. The van der Waals surface area contributed by atoms with E-state index in [0.717, 1.165) is 43.5 Å². The number of fused-ring (bicyclic) bond motifs is 1. The zero-order valence-corrected chi connectivity index (χ0v) is 13.3. The Balaban J connectivity index is 1.76. The SMILES string of the molecule is NS(=O)(=O)c1ccc2c(c1)CCN(C(=O)N1CCCC1)CC2. The third-order valence-corrected chi connectivity index (χ3v) is 5.37. The molecule has 0 aliphatic carbocycles. The van der Waals surface area contributed by atoms with Gasteiger partial charge in [-0.3, -0.25) is 0 Å². The van der Waals surface area contributed by atoms with Gasteiger partial charge in [0.05, 0.1) is 4.90 Å². The minimum absolute atomic E-state index is 0.108. The van der Waals surface area contributed by atoms with E-state index >= 15 is 0 Å². The molecule has 22 heavy (non-hydrogen) atoms. The number of benzene rings is 1. The minimum Gasteiger partial charge on any atom is -0.325 e. The summed E-state index contributed by atoms with van der Waals surface area (Å²) in [7, 11) is -3.68. The van der Waals surface area contributed by atoms with Crippen molar-refractivity contribution in [1.29, 1.82) is 0 Å². The maximum absolute atomic E-state index is 12.5. The van der Waals surface area contributed by atoms with Crippen LogP contribution in [0.15, 0.2) is 23.1 Å². The molecule has 2 aliphatic heterocycles. The molecule has 2 aliphatic rings. The molecule has 1 saturated heterocycles. The van der Waals surface area contributed by atoms with E-state index < -0.39 is 10.0 Å². The first-order chi connectivity index (χ1) is 10.4. The first-order valence-electron chi connectivity index (χ1n) is 7.63. The highest BCUT2D eigenvalue weighted by atomic mass is 32.2. The number of hydrogen-bond acceptors (Lipinski definition) is 3. The Morgan fingerprint density at radius 3 is 2.18 bits per heavy atom. The van der Waals surface area contributed by atoms with Crippen LogP contribution in [0.4, 0.5) is 4.79 Å². The number of rotatable bonds is 1. The Morgan fingerprint density at radius 2 is 1.55 bits per heavy atom. The Bertz CT molecular complexity index is 681. The highest BCUT2D eigenvalue weighted by Gasteiger charge is 2.25. The number of likely N-dealkylation sites (tertiary alicyclic amines) is 1. The van der Waals surface area contributed by atoms with Crippen LogP contribution in [0, 0.1) is 0 Å². The van der Waals surface area contributed by atoms with E-state index in [4.69, 9.17) is 5.14 Å². The smallest absolute Gasteiger partial charge is 0.320 e. The lowest BCUT2D eigenvalue weighted by Gasteiger charge is -2.26. The number of hydrogen-bond donors (Lipinski definition) is 1. The molecule has 0 radical (unpaired) electrons. The van der Waals surface area contributed by atoms with Gasteiger partial charge < -0.3 is 9.80 Å². The minimum atomic E-state index is -3.68. The number of carbonyl (C=O) groups is 1. The summed E-state index contributed by atoms with van der Waals surface area (Å²) in [4.78, 5) is 16.4. The third-order valence-electron chi connectivity index (χ3n) is 4.46. The largest absolute Gasteiger partial charge is 0.325 e. The van der Waals surface area contributed by atoms with Gasteiger partial charge in [-0.25, -0.2) is 18.4 Å². The maximum atomic E-state index is 12.5. The van der Waals surface area contributed by atoms with Gasteiger partial charge in [0, 0.05) is 26.2 Å². The van der Waals surface area contributed by atoms with E-state index in [2.05, 4.69) is 0 Å². The number of carbonyl (C=O) groups excluding carboxylic acids is 1. The highest BCUT2D eigenvalue weighted by molar-refractivity contribution is 7.89. The number of amides is 2. The molecule has 0 spiro atoms. The lowest BCUT2D eigenvalue weighted by Crippen LogP contribution is -2.42. The molecule has 0 atom stereocenters. The van der Waals surface area contributed by atoms with Crippen LogP contribution in [0.25, 0.3) is 0 Å². The van der Waals surface area contributed by atoms with Crippen molar-refractivity contribution in [3.63, 3.8) is 0 Å². The Morgan fingerprint density at radius 1 is 0.955 bits per heavy atom. The molecule has 7 heteroatoms. The Hall–Kier alpha value is -1.60. The fourth-order valence-corrected chi connectivity index (χ4v) is 3.74. The van der Waals surface area contributed by atoms with E-state index in [0.29, 0.717) is 19.5 Å². The monoisotopic (exact) mass is 323 g/mol. The van der Waals surface area contributed by atoms with E-state index in [1.807, 2.05) is 15.9 Å². The number of primary sulfonamides is 1. The number of sulfonamides is 1. The molecule has 0 saturated carbocycles. The van der Waals surface area contributed by atoms with Crippen LogP contribution in [0.5, 0.6) is 0 Å². The van der Waals surface area contributed by atoms with Crippen LogP contribution in [0.2, 0.25) is 0 Å². The standard InChI is InChI=1S/C15H21N3O3S/c16-22(20,21)14-4-3-12-5-9-18(10-6-13(12)11-14)15(19)17-7-1-2-8-17/h3-4,11H,1-2,5-10H2,(H2,16,20,21). The second-order valence-electron chi connectivity index (χ2n) is 5.94.